The Morgan fingerprint density at radius 3 is 0.625 bits per heavy atom. The van der Waals surface area contributed by atoms with Crippen molar-refractivity contribution in [3.8, 4) is 0 Å². The van der Waals surface area contributed by atoms with Crippen molar-refractivity contribution in [2.24, 2.45) is 0 Å². The van der Waals surface area contributed by atoms with E-state index in [9.17, 15) is 0 Å². The second-order valence-corrected chi connectivity index (χ2v) is 0. The van der Waals surface area contributed by atoms with Crippen molar-refractivity contribution in [1.29, 1.82) is 0 Å². The molecule has 0 aromatic heterocycles. The monoisotopic (exact) mass is 496 g/mol. The van der Waals surface area contributed by atoms with E-state index in [-0.39, 0.29) is 89.3 Å². The molecular weight excluding hydrogens is 486 g/mol. The molecule has 0 radical (unpaired) electrons. The van der Waals surface area contributed by atoms with Crippen molar-refractivity contribution in [2.75, 3.05) is 0 Å². The van der Waals surface area contributed by atoms with Crippen molar-refractivity contribution in [1.82, 2.24) is 0 Å². The van der Waals surface area contributed by atoms with Crippen LogP contribution in [0, 0.1) is 0 Å². The fourth-order valence-corrected chi connectivity index (χ4v) is 0. The molecule has 0 aliphatic carbocycles. The smallest absolute Gasteiger partial charge is 1.00 e. The van der Waals surface area contributed by atoms with Gasteiger partial charge in [0.05, 0.1) is 0 Å². The molecule has 0 amide bonds. The summed E-state index contributed by atoms with van der Waals surface area (Å²) in [5, 5.41) is 0. The van der Waals surface area contributed by atoms with Crippen LogP contribution in [0.1, 0.15) is 0 Å². The molecule has 0 nitrogen and oxygen atoms in total. The largest absolute Gasteiger partial charge is 3.00 e. The Hall–Kier alpha value is 3.79. The Morgan fingerprint density at radius 2 is 0.625 bits per heavy atom. The summed E-state index contributed by atoms with van der Waals surface area (Å²) in [4.78, 5) is 0. The molecule has 0 aromatic rings. The molecule has 0 fully saturated rings. The fraction of sp³-hybridized carbons (Fsp3) is 1.00. The van der Waals surface area contributed by atoms with Gasteiger partial charge in [0.25, 0.3) is 0 Å². The van der Waals surface area contributed by atoms with Gasteiger partial charge in [-0.15, -0.1) is 11.6 Å². The van der Waals surface area contributed by atoms with Gasteiger partial charge in [-0.3, -0.25) is 0 Å². The van der Waals surface area contributed by atoms with Gasteiger partial charge in [0.2, 0.25) is 32.6 Å². The maximum atomic E-state index is 2.14. The van der Waals surface area contributed by atoms with Crippen LogP contribution < -0.4 is 71.9 Å². The third-order valence-electron chi connectivity index (χ3n) is 0. The molecule has 0 atom stereocenters. The summed E-state index contributed by atoms with van der Waals surface area (Å²) >= 11 is 2.61. The van der Waals surface area contributed by atoms with Crippen molar-refractivity contribution in [3.05, 3.63) is 0 Å². The van der Waals surface area contributed by atoms with Gasteiger partial charge < -0.3 is 71.9 Å². The van der Waals surface area contributed by atoms with Gasteiger partial charge in [0.1, 0.15) is 0 Å². The number of rotatable bonds is 0. The van der Waals surface area contributed by atoms with Crippen LogP contribution in [-0.2, 0) is 0 Å². The van der Waals surface area contributed by atoms with E-state index in [0.29, 0.717) is 0 Å². The molecule has 0 spiro atoms. The minimum atomic E-state index is 0. The van der Waals surface area contributed by atoms with E-state index in [1.54, 1.807) is 0 Å². The van der Waals surface area contributed by atoms with Crippen molar-refractivity contribution in [3.63, 3.8) is 0 Å². The van der Waals surface area contributed by atoms with Crippen molar-refractivity contribution < 1.29 is 71.9 Å². The van der Waals surface area contributed by atoms with E-state index < -0.39 is 0 Å². The van der Waals surface area contributed by atoms with Crippen LogP contribution in [0.2, 0.25) is 11.6 Å². The first-order valence-electron chi connectivity index (χ1n) is 2.00. The van der Waals surface area contributed by atoms with Gasteiger partial charge in [-0.05, 0) is 0 Å². The predicted octanol–water partition coefficient (Wildman–Crippen LogP) is -10.0. The zero-order valence-corrected chi connectivity index (χ0v) is 17.3. The average molecular weight is 496 g/mol. The number of hydrogen-bond donors (Lipinski definition) is 0. The molecule has 0 unspecified atom stereocenters. The van der Waals surface area contributed by atoms with Gasteiger partial charge in [-0.1, -0.05) is 0 Å². The van der Waals surface area contributed by atoms with Crippen molar-refractivity contribution >= 4 is 49.9 Å². The summed E-state index contributed by atoms with van der Waals surface area (Å²) in [6, 6.07) is 0. The minimum Gasteiger partial charge on any atom is -1.00 e. The van der Waals surface area contributed by atoms with Crippen LogP contribution in [0.5, 0.6) is 0 Å². The topological polar surface area (TPSA) is 0 Å². The van der Waals surface area contributed by atoms with Crippen LogP contribution in [0.3, 0.4) is 0 Å². The van der Waals surface area contributed by atoms with Gasteiger partial charge in [0, 0.05) is 0 Å². The summed E-state index contributed by atoms with van der Waals surface area (Å²) in [5.41, 5.74) is 0. The van der Waals surface area contributed by atoms with E-state index in [0.717, 1.165) is 0 Å². The summed E-state index contributed by atoms with van der Waals surface area (Å²) in [5.74, 6) is 4.28. The fourth-order valence-electron chi connectivity index (χ4n) is 0. The molecule has 0 N–H and O–H groups in total. The normalized spacial score (nSPS) is 1.25. The third kappa shape index (κ3) is 52.7. The SMILES string of the molecule is [Al+3].[CH3][AlH2].[CH3][AlH2].[I-].[I-].[I-]. The van der Waals surface area contributed by atoms with E-state index in [2.05, 4.69) is 11.6 Å². The van der Waals surface area contributed by atoms with Crippen molar-refractivity contribution in [2.45, 2.75) is 11.6 Å². The zero-order chi connectivity index (χ0) is 4.00. The third-order valence-corrected chi connectivity index (χ3v) is 0. The van der Waals surface area contributed by atoms with Gasteiger partial charge in [-0.2, -0.15) is 0 Å². The minimum absolute atomic E-state index is 0. The number of hydrogen-bond acceptors (Lipinski definition) is 0. The Kier molecular flexibility index (Phi) is 369. The van der Waals surface area contributed by atoms with Crippen LogP contribution in [0.4, 0.5) is 0 Å². The van der Waals surface area contributed by atoms with Crippen LogP contribution in [0.25, 0.3) is 0 Å². The Bertz CT molecular complexity index is 12.5. The molecule has 0 heterocycles. The molecule has 0 saturated heterocycles. The molecule has 0 aliphatic heterocycles. The summed E-state index contributed by atoms with van der Waals surface area (Å²) < 4.78 is 0. The average Bonchev–Trinajstić information content (AvgIpc) is 1.50. The molecule has 6 heteroatoms. The Balaban J connectivity index is -0.00000000167. The maximum Gasteiger partial charge on any atom is 3.00 e. The number of halogens is 3. The first-order valence-corrected chi connectivity index (χ1v) is 6.00. The van der Waals surface area contributed by atoms with E-state index >= 15 is 0 Å². The van der Waals surface area contributed by atoms with E-state index in [1.165, 1.54) is 32.6 Å². The first-order chi connectivity index (χ1) is 2.00. The maximum absolute atomic E-state index is 2.14. The Morgan fingerprint density at radius 1 is 0.625 bits per heavy atom. The molecule has 0 bridgehead atoms. The Labute approximate surface area is 131 Å². The second-order valence-electron chi connectivity index (χ2n) is 0. The quantitative estimate of drug-likeness (QED) is 0.231. The first kappa shape index (κ1) is 41.0. The van der Waals surface area contributed by atoms with Crippen LogP contribution in [0.15, 0.2) is 0 Å². The zero-order valence-electron chi connectivity index (χ0n) is 5.71. The van der Waals surface area contributed by atoms with E-state index in [1.807, 2.05) is 0 Å². The van der Waals surface area contributed by atoms with E-state index in [4.69, 9.17) is 0 Å². The van der Waals surface area contributed by atoms with Gasteiger partial charge >= 0.3 is 17.4 Å². The van der Waals surface area contributed by atoms with Gasteiger partial charge in [-0.25, -0.2) is 0 Å². The van der Waals surface area contributed by atoms with Gasteiger partial charge in [0.15, 0.2) is 0 Å². The predicted molar refractivity (Wildman–Crippen MR) is 34.6 cm³/mol. The molecule has 8 heavy (non-hydrogen) atoms. The second kappa shape index (κ2) is 72.0. The summed E-state index contributed by atoms with van der Waals surface area (Å²) in [7, 11) is 0. The molecular formula is C2H10Al3I3. The standard InChI is InChI=1S/2CH3.3Al.3HI.4H/h2*1H3;;;;3*1H;;;;/q;;;;+3;;;;;;;/p-3. The molecule has 0 aromatic carbocycles. The molecule has 0 saturated carbocycles. The summed E-state index contributed by atoms with van der Waals surface area (Å²) in [6.45, 7) is 0. The molecule has 48 valence electrons. The molecule has 0 aliphatic rings. The molecule has 0 rings (SSSR count). The van der Waals surface area contributed by atoms with Crippen LogP contribution >= 0.6 is 0 Å². The summed E-state index contributed by atoms with van der Waals surface area (Å²) in [6.07, 6.45) is 0. The van der Waals surface area contributed by atoms with Crippen LogP contribution in [-0.4, -0.2) is 49.9 Å².